The molecule has 1 heterocycles. The molecule has 1 fully saturated rings. The van der Waals surface area contributed by atoms with Crippen molar-refractivity contribution in [3.63, 3.8) is 0 Å². The van der Waals surface area contributed by atoms with Crippen LogP contribution in [-0.2, 0) is 11.0 Å². The van der Waals surface area contributed by atoms with E-state index in [-0.39, 0.29) is 16.8 Å². The zero-order valence-electron chi connectivity index (χ0n) is 12.2. The Bertz CT molecular complexity index is 829. The molecule has 0 aromatic heterocycles. The molecular formula is C17H11F3N2OS. The fourth-order valence-electron chi connectivity index (χ4n) is 2.05. The second kappa shape index (κ2) is 6.52. The molecule has 0 atom stereocenters. The third-order valence-electron chi connectivity index (χ3n) is 3.15. The molecule has 0 spiro atoms. The Hall–Kier alpha value is -2.54. The molecule has 1 aliphatic heterocycles. The summed E-state index contributed by atoms with van der Waals surface area (Å²) in [6.07, 6.45) is -2.73. The highest BCUT2D eigenvalue weighted by atomic mass is 32.2. The predicted octanol–water partition coefficient (Wildman–Crippen LogP) is 4.60. The van der Waals surface area contributed by atoms with Gasteiger partial charge in [0.1, 0.15) is 0 Å². The summed E-state index contributed by atoms with van der Waals surface area (Å²) in [6, 6.07) is 13.9. The molecular weight excluding hydrogens is 337 g/mol. The molecule has 3 nitrogen and oxygen atoms in total. The van der Waals surface area contributed by atoms with Gasteiger partial charge in [-0.15, -0.1) is 0 Å². The molecule has 1 saturated heterocycles. The molecule has 3 rings (SSSR count). The molecule has 0 bridgehead atoms. The number of nitrogens with zero attached hydrogens (tertiary/aromatic N) is 1. The lowest BCUT2D eigenvalue weighted by Crippen LogP contribution is -2.19. The first-order chi connectivity index (χ1) is 11.4. The van der Waals surface area contributed by atoms with Crippen molar-refractivity contribution in [2.75, 3.05) is 0 Å². The van der Waals surface area contributed by atoms with Crippen LogP contribution in [0.4, 0.5) is 18.9 Å². The van der Waals surface area contributed by atoms with Crippen LogP contribution in [0.5, 0.6) is 0 Å². The van der Waals surface area contributed by atoms with Gasteiger partial charge < -0.3 is 5.32 Å². The molecule has 0 saturated carbocycles. The van der Waals surface area contributed by atoms with Gasteiger partial charge in [-0.2, -0.15) is 13.2 Å². The maximum absolute atomic E-state index is 12.7. The van der Waals surface area contributed by atoms with Crippen molar-refractivity contribution in [3.05, 3.63) is 70.6 Å². The van der Waals surface area contributed by atoms with Crippen molar-refractivity contribution >= 4 is 34.6 Å². The van der Waals surface area contributed by atoms with Crippen molar-refractivity contribution in [1.29, 1.82) is 0 Å². The lowest BCUT2D eigenvalue weighted by Gasteiger charge is -2.06. The van der Waals surface area contributed by atoms with Crippen LogP contribution in [0, 0.1) is 0 Å². The number of halogens is 3. The molecule has 0 radical (unpaired) electrons. The van der Waals surface area contributed by atoms with E-state index in [1.54, 1.807) is 6.08 Å². The van der Waals surface area contributed by atoms with E-state index in [1.165, 1.54) is 12.1 Å². The molecule has 0 unspecified atom stereocenters. The molecule has 2 aromatic rings. The van der Waals surface area contributed by atoms with Crippen LogP contribution in [0.25, 0.3) is 6.08 Å². The SMILES string of the molecule is O=C1NC(=Nc2cccc(C(F)(F)F)c2)SC1=Cc1ccccc1. The Morgan fingerprint density at radius 1 is 1.04 bits per heavy atom. The highest BCUT2D eigenvalue weighted by molar-refractivity contribution is 8.18. The van der Waals surface area contributed by atoms with Gasteiger partial charge in [0, 0.05) is 0 Å². The zero-order chi connectivity index (χ0) is 17.2. The summed E-state index contributed by atoms with van der Waals surface area (Å²) >= 11 is 1.09. The number of carbonyl (C=O) groups excluding carboxylic acids is 1. The fourth-order valence-corrected chi connectivity index (χ4v) is 2.89. The monoisotopic (exact) mass is 348 g/mol. The van der Waals surface area contributed by atoms with Gasteiger partial charge in [-0.1, -0.05) is 36.4 Å². The summed E-state index contributed by atoms with van der Waals surface area (Å²) in [7, 11) is 0. The topological polar surface area (TPSA) is 41.5 Å². The van der Waals surface area contributed by atoms with Crippen molar-refractivity contribution < 1.29 is 18.0 Å². The summed E-state index contributed by atoms with van der Waals surface area (Å²) in [5, 5.41) is 2.81. The normalized spacial score (nSPS) is 18.2. The Morgan fingerprint density at radius 2 is 1.79 bits per heavy atom. The largest absolute Gasteiger partial charge is 0.416 e. The van der Waals surface area contributed by atoms with E-state index < -0.39 is 11.7 Å². The highest BCUT2D eigenvalue weighted by Gasteiger charge is 2.30. The Kier molecular flexibility index (Phi) is 4.44. The van der Waals surface area contributed by atoms with Gasteiger partial charge in [0.25, 0.3) is 5.91 Å². The van der Waals surface area contributed by atoms with Gasteiger partial charge in [0.05, 0.1) is 16.2 Å². The van der Waals surface area contributed by atoms with Crippen molar-refractivity contribution in [3.8, 4) is 0 Å². The molecule has 1 N–H and O–H groups in total. The number of amidine groups is 1. The van der Waals surface area contributed by atoms with Gasteiger partial charge in [0.2, 0.25) is 0 Å². The maximum Gasteiger partial charge on any atom is 0.416 e. The van der Waals surface area contributed by atoms with Crippen LogP contribution in [0.1, 0.15) is 11.1 Å². The number of nitrogens with one attached hydrogen (secondary N) is 1. The molecule has 2 aromatic carbocycles. The number of rotatable bonds is 2. The van der Waals surface area contributed by atoms with Crippen LogP contribution in [0.15, 0.2) is 64.5 Å². The number of hydrogen-bond donors (Lipinski definition) is 1. The van der Waals surface area contributed by atoms with E-state index in [1.807, 2.05) is 30.3 Å². The van der Waals surface area contributed by atoms with Gasteiger partial charge >= 0.3 is 6.18 Å². The van der Waals surface area contributed by atoms with E-state index >= 15 is 0 Å². The molecule has 1 amide bonds. The third kappa shape index (κ3) is 3.86. The number of hydrogen-bond acceptors (Lipinski definition) is 3. The summed E-state index contributed by atoms with van der Waals surface area (Å²) in [5.74, 6) is -0.324. The number of alkyl halides is 3. The standard InChI is InChI=1S/C17H11F3N2OS/c18-17(19,20)12-7-4-8-13(10-12)21-16-22-15(23)14(24-16)9-11-5-2-1-3-6-11/h1-10H,(H,21,22,23). The van der Waals surface area contributed by atoms with E-state index in [0.29, 0.717) is 4.91 Å². The van der Waals surface area contributed by atoms with Gasteiger partial charge in [-0.25, -0.2) is 4.99 Å². The Balaban J connectivity index is 1.83. The lowest BCUT2D eigenvalue weighted by molar-refractivity contribution is -0.137. The molecule has 1 aliphatic rings. The summed E-state index contributed by atoms with van der Waals surface area (Å²) in [6.45, 7) is 0. The van der Waals surface area contributed by atoms with Crippen molar-refractivity contribution in [2.24, 2.45) is 4.99 Å². The van der Waals surface area contributed by atoms with Crippen molar-refractivity contribution in [1.82, 2.24) is 5.32 Å². The quantitative estimate of drug-likeness (QED) is 0.806. The molecule has 122 valence electrons. The highest BCUT2D eigenvalue weighted by Crippen LogP contribution is 2.33. The maximum atomic E-state index is 12.7. The fraction of sp³-hybridized carbons (Fsp3) is 0.0588. The van der Waals surface area contributed by atoms with E-state index in [4.69, 9.17) is 0 Å². The number of carbonyl (C=O) groups is 1. The Morgan fingerprint density at radius 3 is 2.50 bits per heavy atom. The van der Waals surface area contributed by atoms with Crippen LogP contribution in [-0.4, -0.2) is 11.1 Å². The van der Waals surface area contributed by atoms with Crippen LogP contribution >= 0.6 is 11.8 Å². The number of thioether (sulfide) groups is 1. The minimum Gasteiger partial charge on any atom is -0.300 e. The van der Waals surface area contributed by atoms with E-state index in [9.17, 15) is 18.0 Å². The van der Waals surface area contributed by atoms with Gasteiger partial charge in [0.15, 0.2) is 5.17 Å². The second-order valence-electron chi connectivity index (χ2n) is 4.94. The lowest BCUT2D eigenvalue weighted by atomic mass is 10.2. The molecule has 0 aliphatic carbocycles. The van der Waals surface area contributed by atoms with Crippen LogP contribution < -0.4 is 5.32 Å². The average Bonchev–Trinajstić information content (AvgIpc) is 2.87. The van der Waals surface area contributed by atoms with Crippen molar-refractivity contribution in [2.45, 2.75) is 6.18 Å². The number of aliphatic imine (C=N–C) groups is 1. The Labute approximate surface area is 140 Å². The van der Waals surface area contributed by atoms with Crippen LogP contribution in [0.2, 0.25) is 0 Å². The average molecular weight is 348 g/mol. The number of benzene rings is 2. The minimum atomic E-state index is -4.43. The van der Waals surface area contributed by atoms with Gasteiger partial charge in [-0.05, 0) is 41.6 Å². The van der Waals surface area contributed by atoms with E-state index in [0.717, 1.165) is 29.5 Å². The summed E-state index contributed by atoms with van der Waals surface area (Å²) in [5.41, 5.74) is 0.211. The molecule has 24 heavy (non-hydrogen) atoms. The smallest absolute Gasteiger partial charge is 0.300 e. The minimum absolute atomic E-state index is 0.133. The first-order valence-corrected chi connectivity index (χ1v) is 7.75. The van der Waals surface area contributed by atoms with E-state index in [2.05, 4.69) is 10.3 Å². The predicted molar refractivity (Wildman–Crippen MR) is 88.7 cm³/mol. The first-order valence-electron chi connectivity index (χ1n) is 6.94. The third-order valence-corrected chi connectivity index (χ3v) is 4.06. The second-order valence-corrected chi connectivity index (χ2v) is 5.97. The zero-order valence-corrected chi connectivity index (χ0v) is 13.0. The molecule has 7 heteroatoms. The number of amides is 1. The summed E-state index contributed by atoms with van der Waals surface area (Å²) < 4.78 is 38.1. The van der Waals surface area contributed by atoms with Gasteiger partial charge in [-0.3, -0.25) is 4.79 Å². The van der Waals surface area contributed by atoms with Crippen LogP contribution in [0.3, 0.4) is 0 Å². The summed E-state index contributed by atoms with van der Waals surface area (Å²) in [4.78, 5) is 16.5. The first kappa shape index (κ1) is 16.3.